The van der Waals surface area contributed by atoms with Gasteiger partial charge in [0.15, 0.2) is 5.43 Å². The summed E-state index contributed by atoms with van der Waals surface area (Å²) in [6.07, 6.45) is 0. The van der Waals surface area contributed by atoms with Crippen LogP contribution < -0.4 is 5.43 Å². The molecule has 4 nitrogen and oxygen atoms in total. The summed E-state index contributed by atoms with van der Waals surface area (Å²) in [7, 11) is 0. The summed E-state index contributed by atoms with van der Waals surface area (Å²) in [5.74, 6) is -1.26. The van der Waals surface area contributed by atoms with Gasteiger partial charge in [0.25, 0.3) is 0 Å². The van der Waals surface area contributed by atoms with Crippen molar-refractivity contribution >= 4 is 51.7 Å². The smallest absolute Gasteiger partial charge is 0.352 e. The van der Waals surface area contributed by atoms with E-state index in [2.05, 4.69) is 4.98 Å². The highest BCUT2D eigenvalue weighted by atomic mass is 35.5. The molecule has 0 aliphatic carbocycles. The molecule has 0 saturated heterocycles. The first kappa shape index (κ1) is 12.2. The number of halogens is 3. The third kappa shape index (κ3) is 1.99. The number of rotatable bonds is 1. The Hall–Kier alpha value is -1.23. The lowest BCUT2D eigenvalue weighted by Crippen LogP contribution is -2.10. The van der Waals surface area contributed by atoms with E-state index >= 15 is 0 Å². The van der Waals surface area contributed by atoms with Crippen LogP contribution in [0.3, 0.4) is 0 Å². The molecule has 0 bridgehead atoms. The van der Waals surface area contributed by atoms with Gasteiger partial charge in [-0.15, -0.1) is 0 Å². The summed E-state index contributed by atoms with van der Waals surface area (Å²) in [5.41, 5.74) is -0.653. The van der Waals surface area contributed by atoms with Crippen molar-refractivity contribution in [3.05, 3.63) is 43.1 Å². The number of fused-ring (bicyclic) bond motifs is 1. The van der Waals surface area contributed by atoms with Crippen LogP contribution in [0, 0.1) is 0 Å². The summed E-state index contributed by atoms with van der Waals surface area (Å²) in [5, 5.41) is 9.21. The summed E-state index contributed by atoms with van der Waals surface area (Å²) in [4.78, 5) is 25.1. The highest BCUT2D eigenvalue weighted by molar-refractivity contribution is 6.47. The van der Waals surface area contributed by atoms with Crippen molar-refractivity contribution in [3.63, 3.8) is 0 Å². The topological polar surface area (TPSA) is 70.2 Å². The van der Waals surface area contributed by atoms with E-state index in [1.54, 1.807) is 0 Å². The second-order valence-electron chi connectivity index (χ2n) is 3.26. The molecule has 1 heterocycles. The van der Waals surface area contributed by atoms with Gasteiger partial charge in [-0.3, -0.25) is 4.79 Å². The van der Waals surface area contributed by atoms with Crippen LogP contribution in [0.1, 0.15) is 10.5 Å². The maximum atomic E-state index is 11.7. The molecule has 0 amide bonds. The van der Waals surface area contributed by atoms with Crippen molar-refractivity contribution in [1.82, 2.24) is 4.98 Å². The molecular weight excluding hydrogens is 288 g/mol. The van der Waals surface area contributed by atoms with Crippen LogP contribution in [0.2, 0.25) is 15.1 Å². The van der Waals surface area contributed by atoms with Crippen molar-refractivity contribution in [3.8, 4) is 0 Å². The van der Waals surface area contributed by atoms with Crippen molar-refractivity contribution < 1.29 is 9.90 Å². The van der Waals surface area contributed by atoms with Crippen LogP contribution in [-0.4, -0.2) is 16.1 Å². The molecule has 0 atom stereocenters. The number of carbonyl (C=O) groups is 1. The number of benzene rings is 1. The number of pyridine rings is 1. The number of aromatic nitrogens is 1. The van der Waals surface area contributed by atoms with Crippen LogP contribution in [0.4, 0.5) is 0 Å². The van der Waals surface area contributed by atoms with Gasteiger partial charge in [-0.05, 0) is 6.07 Å². The number of nitrogens with one attached hydrogen (secondary N) is 1. The predicted octanol–water partition coefficient (Wildman–Crippen LogP) is 3.19. The third-order valence-electron chi connectivity index (χ3n) is 2.18. The molecule has 2 rings (SSSR count). The molecule has 0 aliphatic heterocycles. The monoisotopic (exact) mass is 291 g/mol. The predicted molar refractivity (Wildman–Crippen MR) is 66.6 cm³/mol. The summed E-state index contributed by atoms with van der Waals surface area (Å²) >= 11 is 17.5. The number of H-pyrrole nitrogens is 1. The average molecular weight is 293 g/mol. The fraction of sp³-hybridized carbons (Fsp3) is 0. The van der Waals surface area contributed by atoms with Gasteiger partial charge >= 0.3 is 5.97 Å². The van der Waals surface area contributed by atoms with Crippen molar-refractivity contribution in [2.24, 2.45) is 0 Å². The lowest BCUT2D eigenvalue weighted by atomic mass is 10.2. The number of carboxylic acids is 1. The maximum Gasteiger partial charge on any atom is 0.352 e. The molecule has 2 N–H and O–H groups in total. The van der Waals surface area contributed by atoms with Gasteiger partial charge < -0.3 is 10.1 Å². The van der Waals surface area contributed by atoms with Crippen LogP contribution in [0.15, 0.2) is 16.9 Å². The van der Waals surface area contributed by atoms with E-state index in [1.807, 2.05) is 0 Å². The van der Waals surface area contributed by atoms with Crippen molar-refractivity contribution in [2.45, 2.75) is 0 Å². The molecular formula is C10H4Cl3NO3. The van der Waals surface area contributed by atoms with E-state index in [0.717, 1.165) is 6.07 Å². The molecule has 7 heteroatoms. The van der Waals surface area contributed by atoms with Crippen LogP contribution in [0.25, 0.3) is 10.9 Å². The number of carboxylic acid groups (broad SMARTS) is 1. The SMILES string of the molecule is O=C(O)c1cc(=O)c2c(Cl)c(Cl)cc(Cl)c2[nH]1. The molecule has 0 fully saturated rings. The fourth-order valence-corrected chi connectivity index (χ4v) is 2.19. The van der Waals surface area contributed by atoms with Gasteiger partial charge in [0.2, 0.25) is 0 Å². The van der Waals surface area contributed by atoms with E-state index in [0.29, 0.717) is 0 Å². The van der Waals surface area contributed by atoms with E-state index < -0.39 is 11.4 Å². The second kappa shape index (κ2) is 4.22. The van der Waals surface area contributed by atoms with Gasteiger partial charge in [-0.1, -0.05) is 34.8 Å². The van der Waals surface area contributed by atoms with Crippen LogP contribution >= 0.6 is 34.8 Å². The normalized spacial score (nSPS) is 10.8. The fourth-order valence-electron chi connectivity index (χ4n) is 1.44. The first-order valence-electron chi connectivity index (χ1n) is 4.35. The van der Waals surface area contributed by atoms with E-state index in [4.69, 9.17) is 39.9 Å². The molecule has 0 aliphatic rings. The Balaban J connectivity index is 3.01. The summed E-state index contributed by atoms with van der Waals surface area (Å²) < 4.78 is 0. The lowest BCUT2D eigenvalue weighted by molar-refractivity contribution is 0.0691. The standard InChI is InChI=1S/C10H4Cl3NO3/c11-3-1-4(12)9-7(8(3)13)6(15)2-5(14-9)10(16)17/h1-2H,(H,14,15)(H,16,17). The van der Waals surface area contributed by atoms with E-state index in [1.165, 1.54) is 6.07 Å². The first-order valence-corrected chi connectivity index (χ1v) is 5.49. The Bertz CT molecular complexity index is 693. The van der Waals surface area contributed by atoms with Crippen molar-refractivity contribution in [1.29, 1.82) is 0 Å². The number of aromatic carboxylic acids is 1. The molecule has 0 unspecified atom stereocenters. The Labute approximate surface area is 110 Å². The molecule has 0 radical (unpaired) electrons. The average Bonchev–Trinajstić information content (AvgIpc) is 2.25. The minimum atomic E-state index is -1.26. The summed E-state index contributed by atoms with van der Waals surface area (Å²) in [6, 6.07) is 2.28. The van der Waals surface area contributed by atoms with E-state index in [9.17, 15) is 9.59 Å². The van der Waals surface area contributed by atoms with Gasteiger partial charge in [0, 0.05) is 6.07 Å². The number of hydrogen-bond acceptors (Lipinski definition) is 2. The van der Waals surface area contributed by atoms with Crippen LogP contribution in [0.5, 0.6) is 0 Å². The minimum absolute atomic E-state index is 0.0456. The molecule has 0 saturated carbocycles. The highest BCUT2D eigenvalue weighted by Gasteiger charge is 2.15. The molecule has 2 aromatic rings. The Morgan fingerprint density at radius 1 is 1.18 bits per heavy atom. The zero-order valence-electron chi connectivity index (χ0n) is 8.05. The van der Waals surface area contributed by atoms with Gasteiger partial charge in [0.05, 0.1) is 26.0 Å². The lowest BCUT2D eigenvalue weighted by Gasteiger charge is -2.05. The van der Waals surface area contributed by atoms with Gasteiger partial charge in [-0.2, -0.15) is 0 Å². The minimum Gasteiger partial charge on any atom is -0.477 e. The number of hydrogen-bond donors (Lipinski definition) is 2. The van der Waals surface area contributed by atoms with E-state index in [-0.39, 0.29) is 31.7 Å². The summed E-state index contributed by atoms with van der Waals surface area (Å²) in [6.45, 7) is 0. The molecule has 0 spiro atoms. The molecule has 1 aromatic carbocycles. The third-order valence-corrected chi connectivity index (χ3v) is 3.27. The number of aromatic amines is 1. The Kier molecular flexibility index (Phi) is 3.03. The first-order chi connectivity index (χ1) is 7.91. The quantitative estimate of drug-likeness (QED) is 0.793. The van der Waals surface area contributed by atoms with Crippen LogP contribution in [-0.2, 0) is 0 Å². The highest BCUT2D eigenvalue weighted by Crippen LogP contribution is 2.33. The largest absolute Gasteiger partial charge is 0.477 e. The second-order valence-corrected chi connectivity index (χ2v) is 4.45. The van der Waals surface area contributed by atoms with Gasteiger partial charge in [-0.25, -0.2) is 4.79 Å². The Morgan fingerprint density at radius 3 is 2.41 bits per heavy atom. The molecule has 17 heavy (non-hydrogen) atoms. The molecule has 88 valence electrons. The van der Waals surface area contributed by atoms with Gasteiger partial charge in [0.1, 0.15) is 5.69 Å². The molecule has 1 aromatic heterocycles. The van der Waals surface area contributed by atoms with Crippen molar-refractivity contribution in [2.75, 3.05) is 0 Å². The Morgan fingerprint density at radius 2 is 1.82 bits per heavy atom. The maximum absolute atomic E-state index is 11.7. The zero-order valence-corrected chi connectivity index (χ0v) is 10.3. The zero-order chi connectivity index (χ0) is 12.7.